The smallest absolute Gasteiger partial charge is 0.174 e. The monoisotopic (exact) mass is 202 g/mol. The Morgan fingerprint density at radius 1 is 1.20 bits per heavy atom. The van der Waals surface area contributed by atoms with Crippen LogP contribution in [0.1, 0.15) is 19.9 Å². The summed E-state index contributed by atoms with van der Waals surface area (Å²) >= 11 is 0. The highest BCUT2D eigenvalue weighted by molar-refractivity contribution is 5.69. The summed E-state index contributed by atoms with van der Waals surface area (Å²) in [6.07, 6.45) is 0. The standard InChI is InChI=1S/C11H14N4/c1-8(2)15-10(11(12)13-14-15)9-6-4-3-5-7-9/h3-8H,12H2,1-2H3. The molecule has 0 amide bonds. The van der Waals surface area contributed by atoms with Crippen molar-refractivity contribution in [3.8, 4) is 11.3 Å². The molecule has 2 rings (SSSR count). The molecule has 0 bridgehead atoms. The SMILES string of the molecule is CC(C)n1nnc(N)c1-c1ccccc1. The largest absolute Gasteiger partial charge is 0.380 e. The number of hydrogen-bond donors (Lipinski definition) is 1. The lowest BCUT2D eigenvalue weighted by Crippen LogP contribution is -2.05. The third-order valence-electron chi connectivity index (χ3n) is 2.26. The second-order valence-electron chi connectivity index (χ2n) is 3.73. The molecule has 0 spiro atoms. The van der Waals surface area contributed by atoms with Gasteiger partial charge in [-0.25, -0.2) is 4.68 Å². The zero-order valence-electron chi connectivity index (χ0n) is 8.88. The lowest BCUT2D eigenvalue weighted by atomic mass is 10.1. The van der Waals surface area contributed by atoms with Crippen LogP contribution in [-0.4, -0.2) is 15.0 Å². The average Bonchev–Trinajstić information content (AvgIpc) is 2.61. The highest BCUT2D eigenvalue weighted by atomic mass is 15.5. The van der Waals surface area contributed by atoms with Gasteiger partial charge in [-0.15, -0.1) is 5.10 Å². The fourth-order valence-corrected chi connectivity index (χ4v) is 1.54. The van der Waals surface area contributed by atoms with Crippen molar-refractivity contribution in [1.82, 2.24) is 15.0 Å². The minimum absolute atomic E-state index is 0.255. The third kappa shape index (κ3) is 1.70. The molecule has 1 aromatic carbocycles. The van der Waals surface area contributed by atoms with E-state index in [0.29, 0.717) is 5.82 Å². The van der Waals surface area contributed by atoms with Crippen LogP contribution in [-0.2, 0) is 0 Å². The summed E-state index contributed by atoms with van der Waals surface area (Å²) in [5.74, 6) is 0.481. The number of rotatable bonds is 2. The molecule has 0 atom stereocenters. The number of aromatic nitrogens is 3. The molecule has 0 saturated heterocycles. The van der Waals surface area contributed by atoms with E-state index in [2.05, 4.69) is 24.2 Å². The van der Waals surface area contributed by atoms with Crippen molar-refractivity contribution < 1.29 is 0 Å². The van der Waals surface area contributed by atoms with E-state index in [1.807, 2.05) is 35.0 Å². The summed E-state index contributed by atoms with van der Waals surface area (Å²) in [5, 5.41) is 7.94. The maximum Gasteiger partial charge on any atom is 0.174 e. The lowest BCUT2D eigenvalue weighted by Gasteiger charge is -2.09. The highest BCUT2D eigenvalue weighted by Gasteiger charge is 2.13. The number of nitrogens with zero attached hydrogens (tertiary/aromatic N) is 3. The van der Waals surface area contributed by atoms with Gasteiger partial charge in [-0.05, 0) is 13.8 Å². The Balaban J connectivity index is 2.57. The van der Waals surface area contributed by atoms with Crippen molar-refractivity contribution in [3.63, 3.8) is 0 Å². The van der Waals surface area contributed by atoms with Crippen LogP contribution in [0.5, 0.6) is 0 Å². The summed E-state index contributed by atoms with van der Waals surface area (Å²) in [6.45, 7) is 4.11. The molecular formula is C11H14N4. The van der Waals surface area contributed by atoms with Crippen LogP contribution in [0.2, 0.25) is 0 Å². The van der Waals surface area contributed by atoms with Crippen molar-refractivity contribution in [2.24, 2.45) is 0 Å². The zero-order valence-corrected chi connectivity index (χ0v) is 8.88. The predicted molar refractivity (Wildman–Crippen MR) is 60.3 cm³/mol. The zero-order chi connectivity index (χ0) is 10.8. The van der Waals surface area contributed by atoms with Gasteiger partial charge in [0.2, 0.25) is 0 Å². The van der Waals surface area contributed by atoms with Crippen LogP contribution in [0, 0.1) is 0 Å². The van der Waals surface area contributed by atoms with Gasteiger partial charge in [0.05, 0.1) is 0 Å². The van der Waals surface area contributed by atoms with E-state index in [9.17, 15) is 0 Å². The first-order valence-corrected chi connectivity index (χ1v) is 4.96. The van der Waals surface area contributed by atoms with Gasteiger partial charge >= 0.3 is 0 Å². The average molecular weight is 202 g/mol. The van der Waals surface area contributed by atoms with Crippen LogP contribution in [0.15, 0.2) is 30.3 Å². The molecule has 0 saturated carbocycles. The maximum absolute atomic E-state index is 5.82. The topological polar surface area (TPSA) is 56.7 Å². The maximum atomic E-state index is 5.82. The Morgan fingerprint density at radius 3 is 2.47 bits per heavy atom. The van der Waals surface area contributed by atoms with Crippen molar-refractivity contribution in [2.45, 2.75) is 19.9 Å². The van der Waals surface area contributed by atoms with Crippen LogP contribution in [0.25, 0.3) is 11.3 Å². The Hall–Kier alpha value is -1.84. The first kappa shape index (κ1) is 9.71. The molecule has 1 aromatic heterocycles. The molecule has 15 heavy (non-hydrogen) atoms. The van der Waals surface area contributed by atoms with Gasteiger partial charge in [-0.2, -0.15) is 0 Å². The van der Waals surface area contributed by atoms with E-state index in [4.69, 9.17) is 5.73 Å². The van der Waals surface area contributed by atoms with E-state index in [-0.39, 0.29) is 6.04 Å². The van der Waals surface area contributed by atoms with Gasteiger partial charge < -0.3 is 5.73 Å². The molecule has 0 aliphatic rings. The second kappa shape index (κ2) is 3.73. The lowest BCUT2D eigenvalue weighted by molar-refractivity contribution is 0.519. The minimum atomic E-state index is 0.255. The normalized spacial score (nSPS) is 10.9. The Kier molecular flexibility index (Phi) is 2.41. The number of hydrogen-bond acceptors (Lipinski definition) is 3. The van der Waals surface area contributed by atoms with Crippen LogP contribution in [0.4, 0.5) is 5.82 Å². The van der Waals surface area contributed by atoms with Gasteiger partial charge in [0.25, 0.3) is 0 Å². The third-order valence-corrected chi connectivity index (χ3v) is 2.26. The summed E-state index contributed by atoms with van der Waals surface area (Å²) < 4.78 is 1.84. The predicted octanol–water partition coefficient (Wildman–Crippen LogP) is 2.11. The van der Waals surface area contributed by atoms with Crippen molar-refractivity contribution in [2.75, 3.05) is 5.73 Å². The molecule has 4 heteroatoms. The van der Waals surface area contributed by atoms with Gasteiger partial charge in [-0.3, -0.25) is 0 Å². The van der Waals surface area contributed by atoms with Gasteiger partial charge in [0, 0.05) is 11.6 Å². The molecule has 1 heterocycles. The van der Waals surface area contributed by atoms with E-state index in [1.165, 1.54) is 0 Å². The van der Waals surface area contributed by atoms with Crippen LogP contribution < -0.4 is 5.73 Å². The fraction of sp³-hybridized carbons (Fsp3) is 0.273. The number of anilines is 1. The van der Waals surface area contributed by atoms with E-state index in [0.717, 1.165) is 11.3 Å². The van der Waals surface area contributed by atoms with E-state index >= 15 is 0 Å². The molecule has 0 fully saturated rings. The summed E-state index contributed by atoms with van der Waals surface area (Å²) in [4.78, 5) is 0. The fourth-order valence-electron chi connectivity index (χ4n) is 1.54. The summed E-state index contributed by atoms with van der Waals surface area (Å²) in [6, 6.07) is 10.2. The molecule has 0 aliphatic heterocycles. The minimum Gasteiger partial charge on any atom is -0.380 e. The summed E-state index contributed by atoms with van der Waals surface area (Å²) in [5.41, 5.74) is 7.76. The van der Waals surface area contributed by atoms with Crippen LogP contribution >= 0.6 is 0 Å². The van der Waals surface area contributed by atoms with Gasteiger partial charge in [0.1, 0.15) is 5.69 Å². The van der Waals surface area contributed by atoms with Crippen molar-refractivity contribution >= 4 is 5.82 Å². The highest BCUT2D eigenvalue weighted by Crippen LogP contribution is 2.25. The number of benzene rings is 1. The Bertz CT molecular complexity index is 445. The molecule has 2 N–H and O–H groups in total. The van der Waals surface area contributed by atoms with Crippen molar-refractivity contribution in [1.29, 1.82) is 0 Å². The molecule has 78 valence electrons. The number of nitrogens with two attached hydrogens (primary N) is 1. The van der Waals surface area contributed by atoms with Crippen LogP contribution in [0.3, 0.4) is 0 Å². The van der Waals surface area contributed by atoms with Gasteiger partial charge in [0.15, 0.2) is 5.82 Å². The molecule has 0 radical (unpaired) electrons. The second-order valence-corrected chi connectivity index (χ2v) is 3.73. The summed E-state index contributed by atoms with van der Waals surface area (Å²) in [7, 11) is 0. The molecule has 2 aromatic rings. The first-order valence-electron chi connectivity index (χ1n) is 4.96. The first-order chi connectivity index (χ1) is 7.20. The van der Waals surface area contributed by atoms with E-state index in [1.54, 1.807) is 0 Å². The van der Waals surface area contributed by atoms with E-state index < -0.39 is 0 Å². The molecule has 0 unspecified atom stereocenters. The Morgan fingerprint density at radius 2 is 1.87 bits per heavy atom. The molecule has 0 aliphatic carbocycles. The molecular weight excluding hydrogens is 188 g/mol. The molecule has 4 nitrogen and oxygen atoms in total. The Labute approximate surface area is 88.7 Å². The number of nitrogen functional groups attached to an aromatic ring is 1. The van der Waals surface area contributed by atoms with Crippen molar-refractivity contribution in [3.05, 3.63) is 30.3 Å². The quantitative estimate of drug-likeness (QED) is 0.811. The van der Waals surface area contributed by atoms with Gasteiger partial charge in [-0.1, -0.05) is 35.5 Å².